The maximum absolute atomic E-state index is 13.0. The van der Waals surface area contributed by atoms with Crippen LogP contribution in [0.15, 0.2) is 24.3 Å². The third-order valence-electron chi connectivity index (χ3n) is 6.06. The van der Waals surface area contributed by atoms with Crippen LogP contribution in [0.4, 0.5) is 5.82 Å². The van der Waals surface area contributed by atoms with E-state index >= 15 is 0 Å². The molecule has 2 aliphatic rings. The molecule has 0 bridgehead atoms. The summed E-state index contributed by atoms with van der Waals surface area (Å²) in [5.41, 5.74) is 3.26. The van der Waals surface area contributed by atoms with Crippen LogP contribution in [0.2, 0.25) is 0 Å². The molecule has 0 radical (unpaired) electrons. The standard InChI is InChI=1S/C23H32N6O2/c1-24-22-18-14-29(12-10-19(18)26-23(27-22)20-5-4-11-25-20)21(30)15-28(2)13-16-6-8-17(31-3)9-7-16/h6-9,20,25H,4-5,10-15H2,1-3H3,(H,24,26,27)/t20-/m0/s1. The number of ether oxygens (including phenoxy) is 1. The molecule has 2 aliphatic heterocycles. The van der Waals surface area contributed by atoms with Gasteiger partial charge in [-0.05, 0) is 44.1 Å². The molecule has 166 valence electrons. The number of carbonyl (C=O) groups is 1. The summed E-state index contributed by atoms with van der Waals surface area (Å²) in [6.07, 6.45) is 3.00. The summed E-state index contributed by atoms with van der Waals surface area (Å²) in [5.74, 6) is 2.69. The van der Waals surface area contributed by atoms with E-state index in [2.05, 4.69) is 10.6 Å². The second kappa shape index (κ2) is 9.62. The number of hydrogen-bond donors (Lipinski definition) is 2. The van der Waals surface area contributed by atoms with Gasteiger partial charge < -0.3 is 20.3 Å². The number of nitrogens with zero attached hydrogens (tertiary/aromatic N) is 4. The lowest BCUT2D eigenvalue weighted by Crippen LogP contribution is -2.42. The van der Waals surface area contributed by atoms with Crippen LogP contribution >= 0.6 is 0 Å². The van der Waals surface area contributed by atoms with E-state index in [1.165, 1.54) is 0 Å². The van der Waals surface area contributed by atoms with Crippen LogP contribution in [0.25, 0.3) is 0 Å². The van der Waals surface area contributed by atoms with Gasteiger partial charge in [0.2, 0.25) is 5.91 Å². The Bertz CT molecular complexity index is 894. The van der Waals surface area contributed by atoms with Crippen LogP contribution in [-0.4, -0.2) is 66.5 Å². The fourth-order valence-electron chi connectivity index (χ4n) is 4.34. The molecule has 8 nitrogen and oxygen atoms in total. The van der Waals surface area contributed by atoms with Crippen LogP contribution in [0.1, 0.15) is 41.5 Å². The van der Waals surface area contributed by atoms with Crippen LogP contribution in [0.5, 0.6) is 5.75 Å². The maximum Gasteiger partial charge on any atom is 0.237 e. The summed E-state index contributed by atoms with van der Waals surface area (Å²) in [4.78, 5) is 26.6. The molecule has 2 N–H and O–H groups in total. The Balaban J connectivity index is 1.39. The van der Waals surface area contributed by atoms with Crippen molar-refractivity contribution in [2.45, 2.75) is 38.4 Å². The van der Waals surface area contributed by atoms with Gasteiger partial charge in [0.1, 0.15) is 17.4 Å². The highest BCUT2D eigenvalue weighted by atomic mass is 16.5. The summed E-state index contributed by atoms with van der Waals surface area (Å²) in [6.45, 7) is 3.36. The molecule has 31 heavy (non-hydrogen) atoms. The van der Waals surface area contributed by atoms with Crippen molar-refractivity contribution in [1.29, 1.82) is 0 Å². The predicted octanol–water partition coefficient (Wildman–Crippen LogP) is 1.97. The highest BCUT2D eigenvalue weighted by molar-refractivity contribution is 5.78. The molecule has 0 spiro atoms. The van der Waals surface area contributed by atoms with Crippen molar-refractivity contribution >= 4 is 11.7 Å². The van der Waals surface area contributed by atoms with E-state index in [1.807, 2.05) is 48.2 Å². The molecule has 3 heterocycles. The first-order valence-electron chi connectivity index (χ1n) is 11.0. The lowest BCUT2D eigenvalue weighted by molar-refractivity contribution is -0.133. The largest absolute Gasteiger partial charge is 0.497 e. The molecule has 2 aromatic rings. The van der Waals surface area contributed by atoms with Crippen molar-refractivity contribution in [3.63, 3.8) is 0 Å². The van der Waals surface area contributed by atoms with Crippen LogP contribution in [0, 0.1) is 0 Å². The SMILES string of the molecule is CNc1nc([C@@H]2CCCN2)nc2c1CN(C(=O)CN(C)Cc1ccc(OC)cc1)CC2. The van der Waals surface area contributed by atoms with Gasteiger partial charge in [0.25, 0.3) is 0 Å². The zero-order valence-electron chi connectivity index (χ0n) is 18.6. The number of anilines is 1. The molecule has 1 aromatic carbocycles. The normalized spacial score (nSPS) is 18.2. The molecule has 1 aromatic heterocycles. The van der Waals surface area contributed by atoms with Gasteiger partial charge >= 0.3 is 0 Å². The fourth-order valence-corrected chi connectivity index (χ4v) is 4.34. The summed E-state index contributed by atoms with van der Waals surface area (Å²) >= 11 is 0. The molecule has 1 amide bonds. The van der Waals surface area contributed by atoms with E-state index in [0.717, 1.165) is 60.0 Å². The quantitative estimate of drug-likeness (QED) is 0.703. The Labute approximate surface area is 184 Å². The van der Waals surface area contributed by atoms with Gasteiger partial charge in [-0.1, -0.05) is 12.1 Å². The Morgan fingerprint density at radius 2 is 2.13 bits per heavy atom. The summed E-state index contributed by atoms with van der Waals surface area (Å²) in [7, 11) is 5.52. The molecular formula is C23H32N6O2. The van der Waals surface area contributed by atoms with Crippen molar-refractivity contribution in [3.05, 3.63) is 46.9 Å². The maximum atomic E-state index is 13.0. The van der Waals surface area contributed by atoms with Gasteiger partial charge in [0.05, 0.1) is 31.9 Å². The molecule has 0 unspecified atom stereocenters. The van der Waals surface area contributed by atoms with Crippen LogP contribution in [-0.2, 0) is 24.3 Å². The van der Waals surface area contributed by atoms with Crippen molar-refractivity contribution in [3.8, 4) is 5.75 Å². The Morgan fingerprint density at radius 3 is 2.81 bits per heavy atom. The Kier molecular flexibility index (Phi) is 6.67. The van der Waals surface area contributed by atoms with Gasteiger partial charge in [-0.2, -0.15) is 0 Å². The van der Waals surface area contributed by atoms with Crippen molar-refractivity contribution in [1.82, 2.24) is 25.1 Å². The van der Waals surface area contributed by atoms with Crippen LogP contribution in [0.3, 0.4) is 0 Å². The van der Waals surface area contributed by atoms with Gasteiger partial charge in [0.15, 0.2) is 0 Å². The van der Waals surface area contributed by atoms with E-state index in [-0.39, 0.29) is 11.9 Å². The second-order valence-electron chi connectivity index (χ2n) is 8.34. The zero-order valence-corrected chi connectivity index (χ0v) is 18.6. The fraction of sp³-hybridized carbons (Fsp3) is 0.522. The van der Waals surface area contributed by atoms with E-state index in [1.54, 1.807) is 7.11 Å². The molecule has 1 saturated heterocycles. The molecule has 0 saturated carbocycles. The third kappa shape index (κ3) is 4.97. The molecule has 1 fully saturated rings. The first-order chi connectivity index (χ1) is 15.1. The molecule has 0 aliphatic carbocycles. The monoisotopic (exact) mass is 424 g/mol. The van der Waals surface area contributed by atoms with E-state index in [9.17, 15) is 4.79 Å². The van der Waals surface area contributed by atoms with Gasteiger partial charge in [0, 0.05) is 32.1 Å². The number of amides is 1. The smallest absolute Gasteiger partial charge is 0.237 e. The third-order valence-corrected chi connectivity index (χ3v) is 6.06. The van der Waals surface area contributed by atoms with Gasteiger partial charge in [-0.15, -0.1) is 0 Å². The van der Waals surface area contributed by atoms with E-state index in [4.69, 9.17) is 14.7 Å². The summed E-state index contributed by atoms with van der Waals surface area (Å²) in [6, 6.07) is 8.19. The number of nitrogens with one attached hydrogen (secondary N) is 2. The van der Waals surface area contributed by atoms with Crippen molar-refractivity contribution in [2.75, 3.05) is 46.2 Å². The number of aromatic nitrogens is 2. The number of carbonyl (C=O) groups excluding carboxylic acids is 1. The Morgan fingerprint density at radius 1 is 1.32 bits per heavy atom. The van der Waals surface area contributed by atoms with Gasteiger partial charge in [-0.3, -0.25) is 9.69 Å². The van der Waals surface area contributed by atoms with E-state index < -0.39 is 0 Å². The van der Waals surface area contributed by atoms with E-state index in [0.29, 0.717) is 26.2 Å². The lowest BCUT2D eigenvalue weighted by atomic mass is 10.0. The van der Waals surface area contributed by atoms with Gasteiger partial charge in [-0.25, -0.2) is 9.97 Å². The first kappa shape index (κ1) is 21.5. The lowest BCUT2D eigenvalue weighted by Gasteiger charge is -2.31. The zero-order chi connectivity index (χ0) is 21.8. The minimum absolute atomic E-state index is 0.130. The topological polar surface area (TPSA) is 82.6 Å². The van der Waals surface area contributed by atoms with Crippen molar-refractivity contribution in [2.24, 2.45) is 0 Å². The number of fused-ring (bicyclic) bond motifs is 1. The van der Waals surface area contributed by atoms with Crippen molar-refractivity contribution < 1.29 is 9.53 Å². The summed E-state index contributed by atoms with van der Waals surface area (Å²) < 4.78 is 5.21. The highest BCUT2D eigenvalue weighted by Gasteiger charge is 2.28. The molecular weight excluding hydrogens is 392 g/mol. The number of likely N-dealkylation sites (N-methyl/N-ethyl adjacent to an activating group) is 1. The minimum atomic E-state index is 0.130. The predicted molar refractivity (Wildman–Crippen MR) is 120 cm³/mol. The number of benzene rings is 1. The number of hydrogen-bond acceptors (Lipinski definition) is 7. The summed E-state index contributed by atoms with van der Waals surface area (Å²) in [5, 5.41) is 6.70. The number of methoxy groups -OCH3 is 1. The highest BCUT2D eigenvalue weighted by Crippen LogP contribution is 2.28. The second-order valence-corrected chi connectivity index (χ2v) is 8.34. The molecule has 4 rings (SSSR count). The first-order valence-corrected chi connectivity index (χ1v) is 11.0. The molecule has 1 atom stereocenters. The average Bonchev–Trinajstić information content (AvgIpc) is 3.33. The van der Waals surface area contributed by atoms with Crippen LogP contribution < -0.4 is 15.4 Å². The average molecular weight is 425 g/mol. The molecule has 8 heteroatoms. The minimum Gasteiger partial charge on any atom is -0.497 e. The Hall–Kier alpha value is -2.71. The number of rotatable bonds is 7.